The number of rotatable bonds is 8. The Balaban J connectivity index is 2.66. The fourth-order valence-corrected chi connectivity index (χ4v) is 3.70. The van der Waals surface area contributed by atoms with Crippen LogP contribution in [0.25, 0.3) is 0 Å². The zero-order chi connectivity index (χ0) is 13.5. The van der Waals surface area contributed by atoms with Gasteiger partial charge in [0.25, 0.3) is 0 Å². The summed E-state index contributed by atoms with van der Waals surface area (Å²) < 4.78 is 0. The van der Waals surface area contributed by atoms with Crippen molar-refractivity contribution in [3.8, 4) is 0 Å². The van der Waals surface area contributed by atoms with Gasteiger partial charge in [-0.05, 0) is 32.9 Å². The second-order valence-electron chi connectivity index (χ2n) is 4.46. The van der Waals surface area contributed by atoms with Crippen molar-refractivity contribution in [3.05, 3.63) is 15.6 Å². The Morgan fingerprint density at radius 1 is 1.50 bits per heavy atom. The molecule has 1 rings (SSSR count). The number of hydrogen-bond donors (Lipinski definition) is 2. The average molecular weight is 288 g/mol. The lowest BCUT2D eigenvalue weighted by Crippen LogP contribution is -2.34. The van der Waals surface area contributed by atoms with Gasteiger partial charge in [0.05, 0.1) is 10.7 Å². The van der Waals surface area contributed by atoms with Crippen LogP contribution in [0.1, 0.15) is 41.9 Å². The number of aliphatic hydroxyl groups excluding tert-OH is 1. The van der Waals surface area contributed by atoms with Crippen LogP contribution >= 0.6 is 23.1 Å². The van der Waals surface area contributed by atoms with Crippen LogP contribution in [-0.4, -0.2) is 34.7 Å². The number of thioether (sulfide) groups is 1. The minimum Gasteiger partial charge on any atom is -0.396 e. The fraction of sp³-hybridized carbons (Fsp3) is 0.769. The van der Waals surface area contributed by atoms with Gasteiger partial charge in [-0.3, -0.25) is 0 Å². The maximum atomic E-state index is 9.08. The van der Waals surface area contributed by atoms with E-state index in [0.717, 1.165) is 24.3 Å². The van der Waals surface area contributed by atoms with E-state index in [2.05, 4.69) is 37.3 Å². The van der Waals surface area contributed by atoms with Gasteiger partial charge in [-0.15, -0.1) is 11.3 Å². The topological polar surface area (TPSA) is 45.2 Å². The van der Waals surface area contributed by atoms with Gasteiger partial charge in [-0.2, -0.15) is 11.8 Å². The molecule has 1 aromatic heterocycles. The first-order valence-electron chi connectivity index (χ1n) is 6.44. The maximum Gasteiger partial charge on any atom is 0.0928 e. The highest BCUT2D eigenvalue weighted by Crippen LogP contribution is 2.26. The third-order valence-electron chi connectivity index (χ3n) is 2.90. The second-order valence-corrected chi connectivity index (χ2v) is 6.49. The molecule has 0 fully saturated rings. The van der Waals surface area contributed by atoms with Crippen molar-refractivity contribution in [2.24, 2.45) is 0 Å². The lowest BCUT2D eigenvalue weighted by molar-refractivity contribution is 0.266. The minimum atomic E-state index is 0.243. The smallest absolute Gasteiger partial charge is 0.0928 e. The van der Waals surface area contributed by atoms with Gasteiger partial charge >= 0.3 is 0 Å². The average Bonchev–Trinajstić information content (AvgIpc) is 2.71. The quantitative estimate of drug-likeness (QED) is 0.772. The largest absolute Gasteiger partial charge is 0.396 e. The molecule has 0 aliphatic rings. The molecule has 0 saturated heterocycles. The van der Waals surface area contributed by atoms with Crippen LogP contribution in [0.2, 0.25) is 0 Å². The van der Waals surface area contributed by atoms with Gasteiger partial charge in [0.15, 0.2) is 0 Å². The van der Waals surface area contributed by atoms with Gasteiger partial charge in [0, 0.05) is 29.3 Å². The lowest BCUT2D eigenvalue weighted by atomic mass is 10.2. The maximum absolute atomic E-state index is 9.08. The Morgan fingerprint density at radius 3 is 2.72 bits per heavy atom. The van der Waals surface area contributed by atoms with E-state index in [4.69, 9.17) is 5.11 Å². The van der Waals surface area contributed by atoms with Crippen LogP contribution < -0.4 is 5.32 Å². The van der Waals surface area contributed by atoms with Crippen molar-refractivity contribution in [1.82, 2.24) is 10.3 Å². The summed E-state index contributed by atoms with van der Waals surface area (Å²) in [6.07, 6.45) is 3.91. The summed E-state index contributed by atoms with van der Waals surface area (Å²) in [6, 6.07) is 0.679. The molecule has 2 unspecified atom stereocenters. The molecule has 0 radical (unpaired) electrons. The first-order chi connectivity index (χ1) is 8.62. The Kier molecular flexibility index (Phi) is 7.22. The zero-order valence-corrected chi connectivity index (χ0v) is 13.3. The molecule has 0 amide bonds. The van der Waals surface area contributed by atoms with Gasteiger partial charge in [-0.1, -0.05) is 6.92 Å². The van der Waals surface area contributed by atoms with Crippen molar-refractivity contribution in [1.29, 1.82) is 0 Å². The van der Waals surface area contributed by atoms with E-state index < -0.39 is 0 Å². The van der Waals surface area contributed by atoms with Crippen LogP contribution in [0.4, 0.5) is 0 Å². The third-order valence-corrected chi connectivity index (χ3v) is 5.12. The molecule has 1 aromatic rings. The highest BCUT2D eigenvalue weighted by Gasteiger charge is 2.17. The summed E-state index contributed by atoms with van der Waals surface area (Å²) in [7, 11) is 0. The molecule has 3 nitrogen and oxygen atoms in total. The molecule has 104 valence electrons. The van der Waals surface area contributed by atoms with Gasteiger partial charge in [0.1, 0.15) is 0 Å². The minimum absolute atomic E-state index is 0.243. The summed E-state index contributed by atoms with van der Waals surface area (Å²) in [5, 5.41) is 13.9. The van der Waals surface area contributed by atoms with E-state index in [-0.39, 0.29) is 6.61 Å². The van der Waals surface area contributed by atoms with E-state index in [9.17, 15) is 0 Å². The van der Waals surface area contributed by atoms with Gasteiger partial charge in [0.2, 0.25) is 0 Å². The van der Waals surface area contributed by atoms with Crippen LogP contribution in [0.3, 0.4) is 0 Å². The van der Waals surface area contributed by atoms with Crippen LogP contribution in [0, 0.1) is 6.92 Å². The molecule has 1 heterocycles. The number of aromatic nitrogens is 1. The Labute approximate surface area is 118 Å². The zero-order valence-electron chi connectivity index (χ0n) is 11.7. The van der Waals surface area contributed by atoms with E-state index in [1.165, 1.54) is 9.88 Å². The van der Waals surface area contributed by atoms with Crippen molar-refractivity contribution in [2.45, 2.75) is 45.7 Å². The molecular weight excluding hydrogens is 264 g/mol. The molecule has 5 heteroatoms. The molecule has 0 saturated carbocycles. The molecule has 2 atom stereocenters. The molecule has 0 bridgehead atoms. The number of hydrogen-bond acceptors (Lipinski definition) is 5. The molecule has 0 spiro atoms. The number of aliphatic hydroxyl groups is 1. The van der Waals surface area contributed by atoms with E-state index in [1.807, 2.05) is 11.8 Å². The summed E-state index contributed by atoms with van der Waals surface area (Å²) in [5.74, 6) is 1.03. The molecule has 18 heavy (non-hydrogen) atoms. The molecule has 0 aliphatic heterocycles. The SMILES string of the molecule is CCc1nc(C)c(C(C)NC(CCO)CSC)s1. The molecule has 0 aliphatic carbocycles. The van der Waals surface area contributed by atoms with Gasteiger partial charge in [-0.25, -0.2) is 4.98 Å². The summed E-state index contributed by atoms with van der Waals surface area (Å²) in [4.78, 5) is 5.90. The van der Waals surface area contributed by atoms with Crippen LogP contribution in [-0.2, 0) is 6.42 Å². The van der Waals surface area contributed by atoms with E-state index in [1.54, 1.807) is 11.3 Å². The number of thiazole rings is 1. The van der Waals surface area contributed by atoms with Crippen LogP contribution in [0.15, 0.2) is 0 Å². The third kappa shape index (κ3) is 4.53. The van der Waals surface area contributed by atoms with Crippen molar-refractivity contribution < 1.29 is 5.11 Å². The lowest BCUT2D eigenvalue weighted by Gasteiger charge is -2.21. The number of nitrogens with zero attached hydrogens (tertiary/aromatic N) is 1. The molecular formula is C13H24N2OS2. The van der Waals surface area contributed by atoms with Crippen LogP contribution in [0.5, 0.6) is 0 Å². The first-order valence-corrected chi connectivity index (χ1v) is 8.65. The monoisotopic (exact) mass is 288 g/mol. The standard InChI is InChI=1S/C13H24N2OS2/c1-5-12-15-10(3)13(18-12)9(2)14-11(6-7-16)8-17-4/h9,11,14,16H,5-8H2,1-4H3. The fourth-order valence-electron chi connectivity index (χ4n) is 2.02. The van der Waals surface area contributed by atoms with Crippen molar-refractivity contribution in [3.63, 3.8) is 0 Å². The van der Waals surface area contributed by atoms with Crippen molar-refractivity contribution >= 4 is 23.1 Å². The highest BCUT2D eigenvalue weighted by molar-refractivity contribution is 7.98. The number of aryl methyl sites for hydroxylation is 2. The summed E-state index contributed by atoms with van der Waals surface area (Å²) in [5.41, 5.74) is 1.14. The Morgan fingerprint density at radius 2 is 2.22 bits per heavy atom. The Hall–Kier alpha value is -0.100. The summed E-state index contributed by atoms with van der Waals surface area (Å²) >= 11 is 3.62. The van der Waals surface area contributed by atoms with E-state index >= 15 is 0 Å². The number of nitrogens with one attached hydrogen (secondary N) is 1. The highest BCUT2D eigenvalue weighted by atomic mass is 32.2. The first kappa shape index (κ1) is 16.0. The Bertz CT molecular complexity index is 349. The predicted molar refractivity (Wildman–Crippen MR) is 81.7 cm³/mol. The normalized spacial score (nSPS) is 14.7. The summed E-state index contributed by atoms with van der Waals surface area (Å²) in [6.45, 7) is 6.65. The van der Waals surface area contributed by atoms with E-state index in [0.29, 0.717) is 12.1 Å². The molecule has 0 aromatic carbocycles. The van der Waals surface area contributed by atoms with Crippen molar-refractivity contribution in [2.75, 3.05) is 18.6 Å². The molecule has 2 N–H and O–H groups in total. The predicted octanol–water partition coefficient (Wildman–Crippen LogP) is 2.78. The second kappa shape index (κ2) is 8.15. The van der Waals surface area contributed by atoms with Gasteiger partial charge < -0.3 is 10.4 Å².